The van der Waals surface area contributed by atoms with E-state index in [-0.39, 0.29) is 5.82 Å². The van der Waals surface area contributed by atoms with Crippen molar-refractivity contribution in [3.05, 3.63) is 50.7 Å². The number of aromatic nitrogens is 2. The quantitative estimate of drug-likeness (QED) is 0.614. The molecule has 1 aromatic heterocycles. The number of H-pyrrole nitrogens is 1. The van der Waals surface area contributed by atoms with E-state index in [1.807, 2.05) is 25.1 Å². The van der Waals surface area contributed by atoms with Gasteiger partial charge in [-0.2, -0.15) is 0 Å². The molecule has 1 heterocycles. The van der Waals surface area contributed by atoms with Gasteiger partial charge in [-0.1, -0.05) is 22.0 Å². The number of nitrogens with zero attached hydrogens (tertiary/aromatic N) is 1. The van der Waals surface area contributed by atoms with Crippen LogP contribution in [0.5, 0.6) is 0 Å². The van der Waals surface area contributed by atoms with Gasteiger partial charge >= 0.3 is 0 Å². The summed E-state index contributed by atoms with van der Waals surface area (Å²) in [5, 5.41) is 0. The minimum atomic E-state index is -0.300. The van der Waals surface area contributed by atoms with Crippen molar-refractivity contribution in [1.82, 2.24) is 9.97 Å². The molecule has 0 radical (unpaired) electrons. The van der Waals surface area contributed by atoms with E-state index < -0.39 is 0 Å². The highest BCUT2D eigenvalue weighted by Gasteiger charge is 2.11. The zero-order chi connectivity index (χ0) is 13.6. The Kier molecular flexibility index (Phi) is 3.19. The molecule has 3 rings (SSSR count). The fourth-order valence-electron chi connectivity index (χ4n) is 1.94. The van der Waals surface area contributed by atoms with Crippen molar-refractivity contribution in [3.63, 3.8) is 0 Å². The molecule has 0 atom stereocenters. The van der Waals surface area contributed by atoms with Crippen LogP contribution in [-0.4, -0.2) is 9.97 Å². The number of aromatic amines is 1. The molecule has 19 heavy (non-hydrogen) atoms. The van der Waals surface area contributed by atoms with E-state index in [1.54, 1.807) is 6.07 Å². The molecule has 0 amide bonds. The highest BCUT2D eigenvalue weighted by Crippen LogP contribution is 2.30. The van der Waals surface area contributed by atoms with Crippen molar-refractivity contribution >= 4 is 42.9 Å². The summed E-state index contributed by atoms with van der Waals surface area (Å²) >= 11 is 6.69. The van der Waals surface area contributed by atoms with Crippen molar-refractivity contribution in [2.75, 3.05) is 0 Å². The molecular weight excluding hydrogens is 375 g/mol. The van der Waals surface area contributed by atoms with Gasteiger partial charge in [0.1, 0.15) is 11.6 Å². The number of imidazole rings is 1. The van der Waals surface area contributed by atoms with Gasteiger partial charge in [-0.05, 0) is 46.6 Å². The smallest absolute Gasteiger partial charge is 0.139 e. The second-order valence-corrected chi connectivity index (χ2v) is 6.06. The molecule has 0 unspecified atom stereocenters. The van der Waals surface area contributed by atoms with E-state index >= 15 is 0 Å². The Bertz CT molecular complexity index is 741. The Morgan fingerprint density at radius 1 is 1.11 bits per heavy atom. The van der Waals surface area contributed by atoms with Crippen LogP contribution in [0, 0.1) is 12.7 Å². The lowest BCUT2D eigenvalue weighted by atomic mass is 10.1. The van der Waals surface area contributed by atoms with Gasteiger partial charge in [0.05, 0.1) is 15.5 Å². The summed E-state index contributed by atoms with van der Waals surface area (Å²) < 4.78 is 14.9. The normalized spacial score (nSPS) is 11.2. The molecule has 1 N–H and O–H groups in total. The topological polar surface area (TPSA) is 28.7 Å². The van der Waals surface area contributed by atoms with Crippen molar-refractivity contribution in [1.29, 1.82) is 0 Å². The Morgan fingerprint density at radius 2 is 1.89 bits per heavy atom. The first-order valence-electron chi connectivity index (χ1n) is 5.66. The maximum absolute atomic E-state index is 13.5. The van der Waals surface area contributed by atoms with Gasteiger partial charge in [0.2, 0.25) is 0 Å². The van der Waals surface area contributed by atoms with Crippen LogP contribution in [0.15, 0.2) is 39.3 Å². The standard InChI is InChI=1S/C14H9Br2FN2/c1-7-2-3-8(9(15)4-7)14-18-12-5-10(16)11(17)6-13(12)19-14/h2-6H,1H3,(H,18,19). The molecule has 0 aliphatic heterocycles. The first kappa shape index (κ1) is 12.8. The Morgan fingerprint density at radius 3 is 2.63 bits per heavy atom. The van der Waals surface area contributed by atoms with Crippen molar-refractivity contribution in [2.24, 2.45) is 0 Å². The molecule has 3 aromatic rings. The van der Waals surface area contributed by atoms with E-state index in [0.29, 0.717) is 9.99 Å². The van der Waals surface area contributed by atoms with Crippen LogP contribution in [-0.2, 0) is 0 Å². The maximum Gasteiger partial charge on any atom is 0.139 e. The molecule has 5 heteroatoms. The minimum Gasteiger partial charge on any atom is -0.338 e. The summed E-state index contributed by atoms with van der Waals surface area (Å²) in [6.45, 7) is 2.03. The van der Waals surface area contributed by atoms with E-state index in [9.17, 15) is 4.39 Å². The van der Waals surface area contributed by atoms with Crippen LogP contribution in [0.3, 0.4) is 0 Å². The summed E-state index contributed by atoms with van der Waals surface area (Å²) in [4.78, 5) is 7.63. The third-order valence-electron chi connectivity index (χ3n) is 2.90. The molecule has 0 saturated carbocycles. The monoisotopic (exact) mass is 382 g/mol. The van der Waals surface area contributed by atoms with Gasteiger partial charge < -0.3 is 4.98 Å². The molecular formula is C14H9Br2FN2. The van der Waals surface area contributed by atoms with E-state index in [1.165, 1.54) is 11.6 Å². The van der Waals surface area contributed by atoms with Crippen LogP contribution in [0.1, 0.15) is 5.56 Å². The average Bonchev–Trinajstić information content (AvgIpc) is 2.72. The van der Waals surface area contributed by atoms with Crippen LogP contribution in [0.25, 0.3) is 22.4 Å². The second kappa shape index (κ2) is 4.72. The van der Waals surface area contributed by atoms with Crippen LogP contribution >= 0.6 is 31.9 Å². The molecule has 0 aliphatic carbocycles. The van der Waals surface area contributed by atoms with Crippen molar-refractivity contribution in [3.8, 4) is 11.4 Å². The van der Waals surface area contributed by atoms with Crippen LogP contribution in [0.2, 0.25) is 0 Å². The predicted octanol–water partition coefficient (Wildman–Crippen LogP) is 5.20. The number of nitrogens with one attached hydrogen (secondary N) is 1. The van der Waals surface area contributed by atoms with Gasteiger partial charge in [-0.3, -0.25) is 0 Å². The fourth-order valence-corrected chi connectivity index (χ4v) is 2.96. The second-order valence-electron chi connectivity index (χ2n) is 4.35. The summed E-state index contributed by atoms with van der Waals surface area (Å²) in [5.74, 6) is 0.421. The van der Waals surface area contributed by atoms with Crippen LogP contribution in [0.4, 0.5) is 4.39 Å². The highest BCUT2D eigenvalue weighted by atomic mass is 79.9. The summed E-state index contributed by atoms with van der Waals surface area (Å²) in [6.07, 6.45) is 0. The molecule has 0 spiro atoms. The van der Waals surface area contributed by atoms with Gasteiger partial charge in [0.25, 0.3) is 0 Å². The lowest BCUT2D eigenvalue weighted by Gasteiger charge is -2.01. The van der Waals surface area contributed by atoms with Gasteiger partial charge in [0.15, 0.2) is 0 Å². The van der Waals surface area contributed by atoms with E-state index in [2.05, 4.69) is 41.8 Å². The molecule has 2 nitrogen and oxygen atoms in total. The van der Waals surface area contributed by atoms with Gasteiger partial charge in [-0.25, -0.2) is 9.37 Å². The summed E-state index contributed by atoms with van der Waals surface area (Å²) in [7, 11) is 0. The first-order valence-corrected chi connectivity index (χ1v) is 7.24. The number of rotatable bonds is 1. The lowest BCUT2D eigenvalue weighted by molar-refractivity contribution is 0.623. The van der Waals surface area contributed by atoms with Gasteiger partial charge in [0, 0.05) is 16.1 Å². The molecule has 0 saturated heterocycles. The lowest BCUT2D eigenvalue weighted by Crippen LogP contribution is -1.83. The van der Waals surface area contributed by atoms with Gasteiger partial charge in [-0.15, -0.1) is 0 Å². The van der Waals surface area contributed by atoms with Crippen molar-refractivity contribution < 1.29 is 4.39 Å². The summed E-state index contributed by atoms with van der Waals surface area (Å²) in [6, 6.07) is 9.15. The number of halogens is 3. The van der Waals surface area contributed by atoms with Crippen LogP contribution < -0.4 is 0 Å². The molecule has 96 valence electrons. The molecule has 0 aliphatic rings. The van der Waals surface area contributed by atoms with E-state index in [4.69, 9.17) is 0 Å². The Hall–Kier alpha value is -1.20. The third-order valence-corrected chi connectivity index (χ3v) is 4.17. The number of aryl methyl sites for hydroxylation is 1. The largest absolute Gasteiger partial charge is 0.338 e. The third kappa shape index (κ3) is 2.32. The zero-order valence-corrected chi connectivity index (χ0v) is 13.1. The average molecular weight is 384 g/mol. The molecule has 0 bridgehead atoms. The number of fused-ring (bicyclic) bond motifs is 1. The molecule has 2 aromatic carbocycles. The highest BCUT2D eigenvalue weighted by molar-refractivity contribution is 9.10. The Balaban J connectivity index is 2.20. The maximum atomic E-state index is 13.5. The minimum absolute atomic E-state index is 0.300. The SMILES string of the molecule is Cc1ccc(-c2nc3cc(Br)c(F)cc3[nH]2)c(Br)c1. The fraction of sp³-hybridized carbons (Fsp3) is 0.0714. The Labute approximate surface area is 126 Å². The summed E-state index contributed by atoms with van der Waals surface area (Å²) in [5.41, 5.74) is 3.54. The molecule has 0 fully saturated rings. The number of benzene rings is 2. The predicted molar refractivity (Wildman–Crippen MR) is 81.6 cm³/mol. The van der Waals surface area contributed by atoms with E-state index in [0.717, 1.165) is 21.4 Å². The number of hydrogen-bond donors (Lipinski definition) is 1. The zero-order valence-electron chi connectivity index (χ0n) is 9.97. The van der Waals surface area contributed by atoms with Crippen molar-refractivity contribution in [2.45, 2.75) is 6.92 Å². The first-order chi connectivity index (χ1) is 9.04. The number of hydrogen-bond acceptors (Lipinski definition) is 1.